The molecule has 3 N–H and O–H groups in total. The fraction of sp³-hybridized carbons (Fsp3) is 0.357. The van der Waals surface area contributed by atoms with Crippen molar-refractivity contribution < 1.29 is 8.42 Å². The van der Waals surface area contributed by atoms with Crippen LogP contribution in [-0.2, 0) is 16.4 Å². The van der Waals surface area contributed by atoms with Gasteiger partial charge in [-0.15, -0.1) is 0 Å². The maximum Gasteiger partial charge on any atom is 0.264 e. The quantitative estimate of drug-likeness (QED) is 0.765. The molecule has 116 valence electrons. The van der Waals surface area contributed by atoms with Crippen molar-refractivity contribution in [1.82, 2.24) is 14.5 Å². The molecule has 7 nitrogen and oxygen atoms in total. The van der Waals surface area contributed by atoms with Crippen molar-refractivity contribution in [2.24, 2.45) is 0 Å². The van der Waals surface area contributed by atoms with Gasteiger partial charge in [-0.05, 0) is 24.1 Å². The molecule has 0 atom stereocenters. The highest BCUT2D eigenvalue weighted by Crippen LogP contribution is 2.32. The van der Waals surface area contributed by atoms with E-state index in [1.165, 1.54) is 10.4 Å². The number of H-pyrrole nitrogens is 2. The van der Waals surface area contributed by atoms with Crippen LogP contribution in [0.15, 0.2) is 34.0 Å². The minimum absolute atomic E-state index is 0.0428. The van der Waals surface area contributed by atoms with E-state index in [9.17, 15) is 13.2 Å². The molecule has 2 aliphatic heterocycles. The molecule has 0 spiro atoms. The molecule has 4 rings (SSSR count). The van der Waals surface area contributed by atoms with Crippen molar-refractivity contribution in [1.29, 1.82) is 0 Å². The van der Waals surface area contributed by atoms with Crippen LogP contribution in [0.3, 0.4) is 0 Å². The standard InChI is InChI=1S/C14H16N4O3S/c19-14-6-13(16-17-14)10-7-18(8-10)22(20,21)11-2-1-9-3-4-15-12(9)5-11/h1-2,5-6,10,15H,3-4,7-8H2,(H2,16,17,19). The Morgan fingerprint density at radius 2 is 1.95 bits per heavy atom. The Bertz CT molecular complexity index is 877. The molecule has 2 aliphatic rings. The lowest BCUT2D eigenvalue weighted by Crippen LogP contribution is -2.48. The Labute approximate surface area is 127 Å². The van der Waals surface area contributed by atoms with Crippen LogP contribution in [0, 0.1) is 0 Å². The molecule has 0 amide bonds. The van der Waals surface area contributed by atoms with Crippen LogP contribution < -0.4 is 10.9 Å². The second-order valence-electron chi connectivity index (χ2n) is 5.73. The number of hydrogen-bond donors (Lipinski definition) is 3. The fourth-order valence-electron chi connectivity index (χ4n) is 2.98. The first-order valence-corrected chi connectivity index (χ1v) is 8.62. The summed E-state index contributed by atoms with van der Waals surface area (Å²) in [6.07, 6.45) is 0.933. The third kappa shape index (κ3) is 2.06. The average molecular weight is 320 g/mol. The minimum atomic E-state index is -3.47. The summed E-state index contributed by atoms with van der Waals surface area (Å²) in [5.41, 5.74) is 2.63. The summed E-state index contributed by atoms with van der Waals surface area (Å²) in [5.74, 6) is 0.0428. The van der Waals surface area contributed by atoms with Crippen LogP contribution in [0.1, 0.15) is 17.2 Å². The highest BCUT2D eigenvalue weighted by molar-refractivity contribution is 7.89. The van der Waals surface area contributed by atoms with Gasteiger partial charge in [-0.1, -0.05) is 6.07 Å². The van der Waals surface area contributed by atoms with Crippen LogP contribution in [0.5, 0.6) is 0 Å². The molecule has 1 saturated heterocycles. The number of rotatable bonds is 3. The summed E-state index contributed by atoms with van der Waals surface area (Å²) in [6, 6.07) is 6.74. The van der Waals surface area contributed by atoms with E-state index >= 15 is 0 Å². The van der Waals surface area contributed by atoms with Crippen LogP contribution in [0.25, 0.3) is 0 Å². The van der Waals surface area contributed by atoms with E-state index in [-0.39, 0.29) is 11.5 Å². The van der Waals surface area contributed by atoms with Gasteiger partial charge in [-0.2, -0.15) is 4.31 Å². The lowest BCUT2D eigenvalue weighted by Gasteiger charge is -2.37. The van der Waals surface area contributed by atoms with Crippen molar-refractivity contribution in [3.05, 3.63) is 45.9 Å². The first kappa shape index (κ1) is 13.6. The van der Waals surface area contributed by atoms with Gasteiger partial charge in [-0.3, -0.25) is 9.89 Å². The van der Waals surface area contributed by atoms with Gasteiger partial charge >= 0.3 is 0 Å². The Morgan fingerprint density at radius 1 is 1.14 bits per heavy atom. The average Bonchev–Trinajstić information content (AvgIpc) is 3.04. The molecule has 3 heterocycles. The first-order valence-electron chi connectivity index (χ1n) is 7.18. The van der Waals surface area contributed by atoms with Crippen LogP contribution in [-0.4, -0.2) is 42.6 Å². The van der Waals surface area contributed by atoms with E-state index in [1.54, 1.807) is 12.1 Å². The summed E-state index contributed by atoms with van der Waals surface area (Å²) in [7, 11) is -3.47. The zero-order valence-electron chi connectivity index (χ0n) is 11.8. The first-order chi connectivity index (χ1) is 10.5. The van der Waals surface area contributed by atoms with E-state index in [2.05, 4.69) is 15.5 Å². The molecular weight excluding hydrogens is 304 g/mol. The van der Waals surface area contributed by atoms with Gasteiger partial charge in [-0.25, -0.2) is 8.42 Å². The Balaban J connectivity index is 1.54. The molecular formula is C14H16N4O3S. The lowest BCUT2D eigenvalue weighted by molar-refractivity contribution is 0.260. The monoisotopic (exact) mass is 320 g/mol. The van der Waals surface area contributed by atoms with Gasteiger partial charge in [0.05, 0.1) is 4.90 Å². The van der Waals surface area contributed by atoms with E-state index in [4.69, 9.17) is 0 Å². The smallest absolute Gasteiger partial charge is 0.264 e. The van der Waals surface area contributed by atoms with Gasteiger partial charge < -0.3 is 10.4 Å². The summed E-state index contributed by atoms with van der Waals surface area (Å²) in [6.45, 7) is 1.63. The Morgan fingerprint density at radius 3 is 2.68 bits per heavy atom. The molecule has 0 radical (unpaired) electrons. The lowest BCUT2D eigenvalue weighted by atomic mass is 10.00. The molecule has 0 unspecified atom stereocenters. The number of hydrogen-bond acceptors (Lipinski definition) is 4. The number of aromatic nitrogens is 2. The SMILES string of the molecule is O=c1cc(C2CN(S(=O)(=O)c3ccc4c(c3)NCC4)C2)[nH][nH]1. The van der Waals surface area contributed by atoms with Gasteiger partial charge in [0.1, 0.15) is 0 Å². The molecule has 1 aromatic heterocycles. The zero-order valence-corrected chi connectivity index (χ0v) is 12.6. The fourth-order valence-corrected chi connectivity index (χ4v) is 4.54. The molecule has 1 fully saturated rings. The topological polar surface area (TPSA) is 98.1 Å². The summed E-state index contributed by atoms with van der Waals surface area (Å²) < 4.78 is 26.7. The molecule has 0 saturated carbocycles. The van der Waals surface area contributed by atoms with Gasteiger partial charge in [0.15, 0.2) is 0 Å². The van der Waals surface area contributed by atoms with Crippen molar-refractivity contribution >= 4 is 15.7 Å². The van der Waals surface area contributed by atoms with Gasteiger partial charge in [0, 0.05) is 43.0 Å². The molecule has 8 heteroatoms. The molecule has 0 aliphatic carbocycles. The summed E-state index contributed by atoms with van der Waals surface area (Å²) in [4.78, 5) is 11.4. The van der Waals surface area contributed by atoms with Crippen LogP contribution >= 0.6 is 0 Å². The van der Waals surface area contributed by atoms with Gasteiger partial charge in [0.2, 0.25) is 10.0 Å². The molecule has 1 aromatic carbocycles. The van der Waals surface area contributed by atoms with E-state index < -0.39 is 10.0 Å². The second-order valence-corrected chi connectivity index (χ2v) is 7.67. The number of nitrogens with zero attached hydrogens (tertiary/aromatic N) is 1. The highest BCUT2D eigenvalue weighted by atomic mass is 32.2. The van der Waals surface area contributed by atoms with Crippen LogP contribution in [0.4, 0.5) is 5.69 Å². The van der Waals surface area contributed by atoms with Crippen LogP contribution in [0.2, 0.25) is 0 Å². The normalized spacial score (nSPS) is 18.7. The van der Waals surface area contributed by atoms with Crippen molar-refractivity contribution in [3.8, 4) is 0 Å². The van der Waals surface area contributed by atoms with E-state index in [0.717, 1.165) is 29.9 Å². The zero-order chi connectivity index (χ0) is 15.3. The summed E-state index contributed by atoms with van der Waals surface area (Å²) in [5, 5.41) is 8.46. The Kier molecular flexibility index (Phi) is 2.92. The van der Waals surface area contributed by atoms with E-state index in [0.29, 0.717) is 18.0 Å². The minimum Gasteiger partial charge on any atom is -0.384 e. The number of sulfonamides is 1. The number of anilines is 1. The predicted octanol–water partition coefficient (Wildman–Crippen LogP) is 0.459. The third-order valence-corrected chi connectivity index (χ3v) is 6.16. The molecule has 22 heavy (non-hydrogen) atoms. The summed E-state index contributed by atoms with van der Waals surface area (Å²) >= 11 is 0. The number of aromatic amines is 2. The molecule has 2 aromatic rings. The van der Waals surface area contributed by atoms with Crippen molar-refractivity contribution in [2.75, 3.05) is 25.0 Å². The Hall–Kier alpha value is -2.06. The predicted molar refractivity (Wildman–Crippen MR) is 81.5 cm³/mol. The number of benzene rings is 1. The van der Waals surface area contributed by atoms with Crippen molar-refractivity contribution in [2.45, 2.75) is 17.2 Å². The maximum absolute atomic E-state index is 12.6. The van der Waals surface area contributed by atoms with Gasteiger partial charge in [0.25, 0.3) is 5.56 Å². The molecule has 0 bridgehead atoms. The maximum atomic E-state index is 12.6. The van der Waals surface area contributed by atoms with Crippen molar-refractivity contribution in [3.63, 3.8) is 0 Å². The number of fused-ring (bicyclic) bond motifs is 1. The van der Waals surface area contributed by atoms with E-state index in [1.807, 2.05) is 6.07 Å². The number of nitrogens with one attached hydrogen (secondary N) is 3. The highest BCUT2D eigenvalue weighted by Gasteiger charge is 2.38. The third-order valence-electron chi connectivity index (χ3n) is 4.33. The largest absolute Gasteiger partial charge is 0.384 e. The second kappa shape index (κ2) is 4.72.